The molecular weight excluding hydrogens is 288 g/mol. The van der Waals surface area contributed by atoms with Crippen LogP contribution in [0.25, 0.3) is 11.5 Å². The van der Waals surface area contributed by atoms with Crippen molar-refractivity contribution in [3.8, 4) is 11.5 Å². The average Bonchev–Trinajstić information content (AvgIpc) is 3.04. The first kappa shape index (κ1) is 15.4. The Morgan fingerprint density at radius 3 is 2.74 bits per heavy atom. The van der Waals surface area contributed by atoms with Gasteiger partial charge in [-0.15, -0.1) is 0 Å². The second-order valence-electron chi connectivity index (χ2n) is 5.57. The fourth-order valence-electron chi connectivity index (χ4n) is 2.28. The van der Waals surface area contributed by atoms with Gasteiger partial charge in [0.2, 0.25) is 5.89 Å². The van der Waals surface area contributed by atoms with Crippen LogP contribution in [0.3, 0.4) is 0 Å². The summed E-state index contributed by atoms with van der Waals surface area (Å²) in [6, 6.07) is 12.1. The highest BCUT2D eigenvalue weighted by molar-refractivity contribution is 5.55. The Bertz CT molecular complexity index is 766. The fourth-order valence-corrected chi connectivity index (χ4v) is 2.28. The predicted molar refractivity (Wildman–Crippen MR) is 89.0 cm³/mol. The number of benzene rings is 1. The summed E-state index contributed by atoms with van der Waals surface area (Å²) in [5.74, 6) is 0.636. The fraction of sp³-hybridized carbons (Fsp3) is 0.263. The quantitative estimate of drug-likeness (QED) is 0.643. The first-order chi connectivity index (χ1) is 11.2. The van der Waals surface area contributed by atoms with Crippen molar-refractivity contribution in [2.75, 3.05) is 6.61 Å². The molecule has 2 heterocycles. The molecule has 0 aliphatic rings. The molecule has 4 nitrogen and oxygen atoms in total. The molecule has 0 atom stereocenters. The zero-order chi connectivity index (χ0) is 16.1. The number of aromatic nitrogens is 2. The van der Waals surface area contributed by atoms with Gasteiger partial charge < -0.3 is 9.15 Å². The molecule has 3 rings (SSSR count). The van der Waals surface area contributed by atoms with E-state index in [0.29, 0.717) is 19.1 Å². The normalized spacial score (nSPS) is 10.9. The van der Waals surface area contributed by atoms with Crippen molar-refractivity contribution < 1.29 is 9.15 Å². The third-order valence-corrected chi connectivity index (χ3v) is 3.78. The average molecular weight is 308 g/mol. The summed E-state index contributed by atoms with van der Waals surface area (Å²) in [6.07, 6.45) is 4.25. The third-order valence-electron chi connectivity index (χ3n) is 3.78. The van der Waals surface area contributed by atoms with E-state index >= 15 is 0 Å². The highest BCUT2D eigenvalue weighted by atomic mass is 16.5. The summed E-state index contributed by atoms with van der Waals surface area (Å²) in [5, 5.41) is 0. The second kappa shape index (κ2) is 7.20. The van der Waals surface area contributed by atoms with Gasteiger partial charge in [-0.1, -0.05) is 12.1 Å². The summed E-state index contributed by atoms with van der Waals surface area (Å²) in [5.41, 5.74) is 5.32. The molecule has 3 aromatic rings. The molecule has 118 valence electrons. The van der Waals surface area contributed by atoms with Crippen molar-refractivity contribution in [1.82, 2.24) is 9.97 Å². The number of pyridine rings is 1. The SMILES string of the molecule is Cc1ccc(-c2nc(COCCc3ccccn3)co2)cc1C. The van der Waals surface area contributed by atoms with Gasteiger partial charge in [0.15, 0.2) is 0 Å². The van der Waals surface area contributed by atoms with Gasteiger partial charge in [-0.3, -0.25) is 4.98 Å². The number of rotatable bonds is 6. The first-order valence-corrected chi connectivity index (χ1v) is 7.72. The smallest absolute Gasteiger partial charge is 0.226 e. The van der Waals surface area contributed by atoms with Crippen LogP contribution in [0.4, 0.5) is 0 Å². The molecule has 0 aliphatic heterocycles. The van der Waals surface area contributed by atoms with Crippen LogP contribution < -0.4 is 0 Å². The molecule has 0 bridgehead atoms. The lowest BCUT2D eigenvalue weighted by Crippen LogP contribution is -2.00. The van der Waals surface area contributed by atoms with Crippen molar-refractivity contribution in [2.45, 2.75) is 26.9 Å². The van der Waals surface area contributed by atoms with E-state index in [0.717, 1.165) is 23.4 Å². The van der Waals surface area contributed by atoms with Crippen LogP contribution in [0, 0.1) is 13.8 Å². The van der Waals surface area contributed by atoms with Crippen molar-refractivity contribution in [2.24, 2.45) is 0 Å². The highest BCUT2D eigenvalue weighted by Crippen LogP contribution is 2.21. The zero-order valence-electron chi connectivity index (χ0n) is 13.5. The number of aryl methyl sites for hydroxylation is 2. The van der Waals surface area contributed by atoms with E-state index in [1.54, 1.807) is 12.5 Å². The Morgan fingerprint density at radius 2 is 1.96 bits per heavy atom. The van der Waals surface area contributed by atoms with E-state index < -0.39 is 0 Å². The number of oxazole rings is 1. The minimum absolute atomic E-state index is 0.446. The lowest BCUT2D eigenvalue weighted by molar-refractivity contribution is 0.120. The van der Waals surface area contributed by atoms with Gasteiger partial charge in [0, 0.05) is 23.9 Å². The summed E-state index contributed by atoms with van der Waals surface area (Å²) < 4.78 is 11.2. The Hall–Kier alpha value is -2.46. The van der Waals surface area contributed by atoms with Crippen LogP contribution in [0.15, 0.2) is 53.3 Å². The monoisotopic (exact) mass is 308 g/mol. The Morgan fingerprint density at radius 1 is 1.04 bits per heavy atom. The number of ether oxygens (including phenoxy) is 1. The molecular formula is C19H20N2O2. The summed E-state index contributed by atoms with van der Waals surface area (Å²) in [4.78, 5) is 8.76. The second-order valence-corrected chi connectivity index (χ2v) is 5.57. The number of hydrogen-bond acceptors (Lipinski definition) is 4. The standard InChI is InChI=1S/C19H20N2O2/c1-14-6-7-16(11-15(14)2)19-21-18(13-23-19)12-22-10-8-17-5-3-4-9-20-17/h3-7,9,11,13H,8,10,12H2,1-2H3. The van der Waals surface area contributed by atoms with Crippen molar-refractivity contribution in [1.29, 1.82) is 0 Å². The Balaban J connectivity index is 1.54. The number of hydrogen-bond donors (Lipinski definition) is 0. The molecule has 0 saturated heterocycles. The van der Waals surface area contributed by atoms with Gasteiger partial charge in [-0.25, -0.2) is 4.98 Å². The van der Waals surface area contributed by atoms with Gasteiger partial charge in [-0.2, -0.15) is 0 Å². The minimum Gasteiger partial charge on any atom is -0.444 e. The molecule has 0 saturated carbocycles. The zero-order valence-corrected chi connectivity index (χ0v) is 13.5. The van der Waals surface area contributed by atoms with Gasteiger partial charge in [0.05, 0.1) is 13.2 Å². The highest BCUT2D eigenvalue weighted by Gasteiger charge is 2.08. The van der Waals surface area contributed by atoms with Gasteiger partial charge >= 0.3 is 0 Å². The van der Waals surface area contributed by atoms with Crippen molar-refractivity contribution >= 4 is 0 Å². The van der Waals surface area contributed by atoms with Crippen LogP contribution in [0.1, 0.15) is 22.5 Å². The van der Waals surface area contributed by atoms with Crippen LogP contribution >= 0.6 is 0 Å². The Kier molecular flexibility index (Phi) is 4.83. The Labute approximate surface area is 136 Å². The van der Waals surface area contributed by atoms with Crippen molar-refractivity contribution in [3.05, 3.63) is 71.4 Å². The summed E-state index contributed by atoms with van der Waals surface area (Å²) in [6.45, 7) is 5.24. The molecule has 0 radical (unpaired) electrons. The topological polar surface area (TPSA) is 48.2 Å². The molecule has 0 amide bonds. The minimum atomic E-state index is 0.446. The molecule has 0 aliphatic carbocycles. The van der Waals surface area contributed by atoms with Crippen molar-refractivity contribution in [3.63, 3.8) is 0 Å². The molecule has 1 aromatic carbocycles. The number of nitrogens with zero attached hydrogens (tertiary/aromatic N) is 2. The van der Waals surface area contributed by atoms with Crippen LogP contribution in [-0.4, -0.2) is 16.6 Å². The molecule has 0 unspecified atom stereocenters. The molecule has 4 heteroatoms. The van der Waals surface area contributed by atoms with E-state index in [4.69, 9.17) is 9.15 Å². The maximum atomic E-state index is 5.65. The van der Waals surface area contributed by atoms with E-state index in [2.05, 4.69) is 35.9 Å². The lowest BCUT2D eigenvalue weighted by atomic mass is 10.1. The maximum Gasteiger partial charge on any atom is 0.226 e. The molecule has 0 N–H and O–H groups in total. The largest absolute Gasteiger partial charge is 0.444 e. The third kappa shape index (κ3) is 4.05. The molecule has 23 heavy (non-hydrogen) atoms. The van der Waals surface area contributed by atoms with Crippen LogP contribution in [-0.2, 0) is 17.8 Å². The van der Waals surface area contributed by atoms with Crippen LogP contribution in [0.5, 0.6) is 0 Å². The summed E-state index contributed by atoms with van der Waals surface area (Å²) >= 11 is 0. The molecule has 0 fully saturated rings. The van der Waals surface area contributed by atoms with Gasteiger partial charge in [0.1, 0.15) is 12.0 Å². The predicted octanol–water partition coefficient (Wildman–Crippen LogP) is 4.11. The molecule has 2 aromatic heterocycles. The van der Waals surface area contributed by atoms with E-state index in [1.807, 2.05) is 24.3 Å². The van der Waals surface area contributed by atoms with E-state index in [9.17, 15) is 0 Å². The summed E-state index contributed by atoms with van der Waals surface area (Å²) in [7, 11) is 0. The lowest BCUT2D eigenvalue weighted by Gasteiger charge is -2.02. The van der Waals surface area contributed by atoms with E-state index in [-0.39, 0.29) is 0 Å². The van der Waals surface area contributed by atoms with Gasteiger partial charge in [-0.05, 0) is 49.2 Å². The first-order valence-electron chi connectivity index (χ1n) is 7.72. The van der Waals surface area contributed by atoms with E-state index in [1.165, 1.54) is 11.1 Å². The maximum absolute atomic E-state index is 5.65. The van der Waals surface area contributed by atoms with Crippen LogP contribution in [0.2, 0.25) is 0 Å². The van der Waals surface area contributed by atoms with Gasteiger partial charge in [0.25, 0.3) is 0 Å². The molecule has 0 spiro atoms.